The summed E-state index contributed by atoms with van der Waals surface area (Å²) in [5.74, 6) is 1.73. The molecule has 2 nitrogen and oxygen atoms in total. The Morgan fingerprint density at radius 2 is 2.14 bits per heavy atom. The zero-order valence-electron chi connectivity index (χ0n) is 8.32. The SMILES string of the molecule is COc1c(CN)cccc1C1CC1.Cl. The Morgan fingerprint density at radius 1 is 1.43 bits per heavy atom. The van der Waals surface area contributed by atoms with Crippen LogP contribution in [0.25, 0.3) is 0 Å². The maximum absolute atomic E-state index is 5.64. The van der Waals surface area contributed by atoms with E-state index in [1.54, 1.807) is 7.11 Å². The van der Waals surface area contributed by atoms with Crippen LogP contribution < -0.4 is 10.5 Å². The van der Waals surface area contributed by atoms with E-state index in [2.05, 4.69) is 12.1 Å². The summed E-state index contributed by atoms with van der Waals surface area (Å²) >= 11 is 0. The number of hydrogen-bond acceptors (Lipinski definition) is 2. The maximum Gasteiger partial charge on any atom is 0.126 e. The molecule has 0 heterocycles. The standard InChI is InChI=1S/C11H15NO.ClH/c1-13-11-9(7-12)3-2-4-10(11)8-5-6-8;/h2-4,8H,5-7,12H2,1H3;1H. The number of nitrogens with two attached hydrogens (primary N) is 1. The van der Waals surface area contributed by atoms with Gasteiger partial charge in [-0.15, -0.1) is 12.4 Å². The molecule has 78 valence electrons. The van der Waals surface area contributed by atoms with Crippen molar-refractivity contribution < 1.29 is 4.74 Å². The Morgan fingerprint density at radius 3 is 2.64 bits per heavy atom. The molecule has 1 saturated carbocycles. The molecule has 0 aromatic heterocycles. The highest BCUT2D eigenvalue weighted by atomic mass is 35.5. The van der Waals surface area contributed by atoms with Gasteiger partial charge in [-0.1, -0.05) is 18.2 Å². The van der Waals surface area contributed by atoms with E-state index in [0.29, 0.717) is 6.54 Å². The van der Waals surface area contributed by atoms with Crippen molar-refractivity contribution in [3.63, 3.8) is 0 Å². The smallest absolute Gasteiger partial charge is 0.126 e. The molecule has 0 saturated heterocycles. The second kappa shape index (κ2) is 4.67. The van der Waals surface area contributed by atoms with Crippen LogP contribution in [-0.4, -0.2) is 7.11 Å². The van der Waals surface area contributed by atoms with Crippen molar-refractivity contribution >= 4 is 12.4 Å². The Bertz CT molecular complexity index is 310. The molecule has 1 aliphatic carbocycles. The van der Waals surface area contributed by atoms with Crippen LogP contribution in [0, 0.1) is 0 Å². The van der Waals surface area contributed by atoms with Gasteiger partial charge in [-0.2, -0.15) is 0 Å². The molecule has 3 heteroatoms. The third-order valence-electron chi connectivity index (χ3n) is 2.57. The molecule has 2 N–H and O–H groups in total. The summed E-state index contributed by atoms with van der Waals surface area (Å²) in [7, 11) is 1.72. The van der Waals surface area contributed by atoms with Crippen molar-refractivity contribution in [2.45, 2.75) is 25.3 Å². The maximum atomic E-state index is 5.64. The van der Waals surface area contributed by atoms with Gasteiger partial charge in [-0.05, 0) is 24.3 Å². The molecular weight excluding hydrogens is 198 g/mol. The van der Waals surface area contributed by atoms with E-state index in [4.69, 9.17) is 10.5 Å². The molecule has 14 heavy (non-hydrogen) atoms. The molecule has 0 aliphatic heterocycles. The number of para-hydroxylation sites is 1. The van der Waals surface area contributed by atoms with Gasteiger partial charge in [-0.25, -0.2) is 0 Å². The Kier molecular flexibility index (Phi) is 3.78. The predicted molar refractivity (Wildman–Crippen MR) is 60.1 cm³/mol. The molecule has 2 rings (SSSR count). The average molecular weight is 214 g/mol. The van der Waals surface area contributed by atoms with Crippen LogP contribution >= 0.6 is 12.4 Å². The van der Waals surface area contributed by atoms with E-state index in [0.717, 1.165) is 17.2 Å². The van der Waals surface area contributed by atoms with Gasteiger partial charge in [0.1, 0.15) is 5.75 Å². The molecule has 0 amide bonds. The largest absolute Gasteiger partial charge is 0.496 e. The van der Waals surface area contributed by atoms with Gasteiger partial charge in [-0.3, -0.25) is 0 Å². The Hall–Kier alpha value is -0.730. The predicted octanol–water partition coefficient (Wildman–Crippen LogP) is 2.45. The lowest BCUT2D eigenvalue weighted by Gasteiger charge is -2.11. The highest BCUT2D eigenvalue weighted by Crippen LogP contribution is 2.45. The van der Waals surface area contributed by atoms with Crippen LogP contribution in [-0.2, 0) is 6.54 Å². The first-order valence-electron chi connectivity index (χ1n) is 4.72. The van der Waals surface area contributed by atoms with E-state index in [-0.39, 0.29) is 12.4 Å². The zero-order chi connectivity index (χ0) is 9.26. The molecular formula is C11H16ClNO. The number of rotatable bonds is 3. The van der Waals surface area contributed by atoms with Crippen LogP contribution in [0.1, 0.15) is 29.9 Å². The summed E-state index contributed by atoms with van der Waals surface area (Å²) in [4.78, 5) is 0. The van der Waals surface area contributed by atoms with Gasteiger partial charge in [0.2, 0.25) is 0 Å². The molecule has 0 radical (unpaired) electrons. The van der Waals surface area contributed by atoms with Crippen LogP contribution in [0.3, 0.4) is 0 Å². The lowest BCUT2D eigenvalue weighted by Crippen LogP contribution is -2.01. The lowest BCUT2D eigenvalue weighted by atomic mass is 10.1. The fraction of sp³-hybridized carbons (Fsp3) is 0.455. The molecule has 1 aromatic carbocycles. The second-order valence-electron chi connectivity index (χ2n) is 3.52. The minimum absolute atomic E-state index is 0. The second-order valence-corrected chi connectivity index (χ2v) is 3.52. The number of methoxy groups -OCH3 is 1. The first-order chi connectivity index (χ1) is 6.36. The van der Waals surface area contributed by atoms with Gasteiger partial charge in [0.15, 0.2) is 0 Å². The molecule has 0 spiro atoms. The van der Waals surface area contributed by atoms with E-state index in [9.17, 15) is 0 Å². The summed E-state index contributed by atoms with van der Waals surface area (Å²) in [6.45, 7) is 0.559. The van der Waals surface area contributed by atoms with Crippen molar-refractivity contribution in [3.05, 3.63) is 29.3 Å². The van der Waals surface area contributed by atoms with Gasteiger partial charge >= 0.3 is 0 Å². The van der Waals surface area contributed by atoms with Gasteiger partial charge < -0.3 is 10.5 Å². The van der Waals surface area contributed by atoms with Gasteiger partial charge in [0.25, 0.3) is 0 Å². The van der Waals surface area contributed by atoms with E-state index < -0.39 is 0 Å². The molecule has 1 fully saturated rings. The summed E-state index contributed by atoms with van der Waals surface area (Å²) in [5, 5.41) is 0. The van der Waals surface area contributed by atoms with E-state index >= 15 is 0 Å². The fourth-order valence-electron chi connectivity index (χ4n) is 1.73. The van der Waals surface area contributed by atoms with Gasteiger partial charge in [0, 0.05) is 12.1 Å². The van der Waals surface area contributed by atoms with Crippen LogP contribution in [0.4, 0.5) is 0 Å². The van der Waals surface area contributed by atoms with Crippen molar-refractivity contribution in [1.29, 1.82) is 0 Å². The first kappa shape index (κ1) is 11.3. The van der Waals surface area contributed by atoms with Crippen molar-refractivity contribution in [2.24, 2.45) is 5.73 Å². The van der Waals surface area contributed by atoms with Crippen LogP contribution in [0.2, 0.25) is 0 Å². The summed E-state index contributed by atoms with van der Waals surface area (Å²) in [5.41, 5.74) is 8.09. The first-order valence-corrected chi connectivity index (χ1v) is 4.72. The highest BCUT2D eigenvalue weighted by Gasteiger charge is 2.27. The average Bonchev–Trinajstić information content (AvgIpc) is 2.99. The number of halogens is 1. The van der Waals surface area contributed by atoms with Crippen LogP contribution in [0.15, 0.2) is 18.2 Å². The number of hydrogen-bond donors (Lipinski definition) is 1. The molecule has 1 aromatic rings. The monoisotopic (exact) mass is 213 g/mol. The number of ether oxygens (including phenoxy) is 1. The summed E-state index contributed by atoms with van der Waals surface area (Å²) < 4.78 is 5.39. The molecule has 0 bridgehead atoms. The van der Waals surface area contributed by atoms with Gasteiger partial charge in [0.05, 0.1) is 7.11 Å². The minimum Gasteiger partial charge on any atom is -0.496 e. The van der Waals surface area contributed by atoms with Crippen molar-refractivity contribution in [3.8, 4) is 5.75 Å². The third kappa shape index (κ3) is 2.02. The quantitative estimate of drug-likeness (QED) is 0.837. The van der Waals surface area contributed by atoms with Crippen molar-refractivity contribution in [2.75, 3.05) is 7.11 Å². The highest BCUT2D eigenvalue weighted by molar-refractivity contribution is 5.85. The molecule has 0 atom stereocenters. The van der Waals surface area contributed by atoms with Crippen LogP contribution in [0.5, 0.6) is 5.75 Å². The number of benzene rings is 1. The summed E-state index contributed by atoms with van der Waals surface area (Å²) in [6.07, 6.45) is 2.59. The Balaban J connectivity index is 0.000000980. The minimum atomic E-state index is 0. The lowest BCUT2D eigenvalue weighted by molar-refractivity contribution is 0.405. The molecule has 0 unspecified atom stereocenters. The zero-order valence-corrected chi connectivity index (χ0v) is 9.14. The normalized spacial score (nSPS) is 14.7. The summed E-state index contributed by atoms with van der Waals surface area (Å²) in [6, 6.07) is 6.25. The van der Waals surface area contributed by atoms with Crippen molar-refractivity contribution in [1.82, 2.24) is 0 Å². The third-order valence-corrected chi connectivity index (χ3v) is 2.57. The molecule has 1 aliphatic rings. The Labute approximate surface area is 90.9 Å². The van der Waals surface area contributed by atoms with E-state index in [1.165, 1.54) is 18.4 Å². The fourth-order valence-corrected chi connectivity index (χ4v) is 1.73. The topological polar surface area (TPSA) is 35.2 Å². The van der Waals surface area contributed by atoms with E-state index in [1.807, 2.05) is 6.07 Å².